The van der Waals surface area contributed by atoms with Crippen molar-refractivity contribution < 1.29 is 14.7 Å². The van der Waals surface area contributed by atoms with Gasteiger partial charge in [-0.15, -0.1) is 0 Å². The van der Waals surface area contributed by atoms with Crippen LogP contribution in [0.25, 0.3) is 0 Å². The van der Waals surface area contributed by atoms with Crippen molar-refractivity contribution in [3.63, 3.8) is 0 Å². The normalized spacial score (nSPS) is 11.0. The van der Waals surface area contributed by atoms with Crippen molar-refractivity contribution in [1.82, 2.24) is 0 Å². The Morgan fingerprint density at radius 2 is 1.41 bits per heavy atom. The topological polar surface area (TPSA) is 51.0 Å². The Balaban J connectivity index is 1.74. The summed E-state index contributed by atoms with van der Waals surface area (Å²) in [4.78, 5) is 0. The molecule has 22 heavy (non-hydrogen) atoms. The number of hydrogen-bond donors (Lipinski definition) is 1. The molecule has 0 spiro atoms. The monoisotopic (exact) mass is 299 g/mol. The maximum atomic E-state index is 8.44. The molecule has 116 valence electrons. The molecule has 0 fully saturated rings. The van der Waals surface area contributed by atoms with Crippen LogP contribution in [0.1, 0.15) is 30.9 Å². The van der Waals surface area contributed by atoms with Gasteiger partial charge in [-0.3, -0.25) is 0 Å². The Labute approximate surface area is 131 Å². The molecule has 0 heterocycles. The molecular formula is C18H21NO3. The van der Waals surface area contributed by atoms with Gasteiger partial charge >= 0.3 is 0 Å². The second kappa shape index (κ2) is 8.08. The highest BCUT2D eigenvalue weighted by Gasteiger charge is 2.00. The number of nitrogens with zero attached hydrogens (tertiary/aromatic N) is 1. The van der Waals surface area contributed by atoms with Crippen LogP contribution in [-0.4, -0.2) is 24.6 Å². The molecule has 2 aromatic carbocycles. The summed E-state index contributed by atoms with van der Waals surface area (Å²) in [6.07, 6.45) is 1.37. The number of hydrogen-bond acceptors (Lipinski definition) is 4. The molecule has 0 amide bonds. The fourth-order valence-corrected chi connectivity index (χ4v) is 1.98. The summed E-state index contributed by atoms with van der Waals surface area (Å²) in [5.41, 5.74) is 2.12. The Kier molecular flexibility index (Phi) is 5.83. The predicted molar refractivity (Wildman–Crippen MR) is 87.3 cm³/mol. The van der Waals surface area contributed by atoms with E-state index in [1.807, 2.05) is 36.4 Å². The van der Waals surface area contributed by atoms with Crippen molar-refractivity contribution in [2.24, 2.45) is 5.16 Å². The summed E-state index contributed by atoms with van der Waals surface area (Å²) in [5, 5.41) is 11.4. The third-order valence-corrected chi connectivity index (χ3v) is 3.25. The smallest absolute Gasteiger partial charge is 0.122 e. The Hall–Kier alpha value is -2.49. The molecule has 0 saturated heterocycles. The van der Waals surface area contributed by atoms with E-state index in [4.69, 9.17) is 14.7 Å². The summed E-state index contributed by atoms with van der Waals surface area (Å²) < 4.78 is 11.2. The van der Waals surface area contributed by atoms with Gasteiger partial charge in [-0.25, -0.2) is 0 Å². The molecule has 2 rings (SSSR count). The van der Waals surface area contributed by atoms with Crippen LogP contribution in [0.3, 0.4) is 0 Å². The summed E-state index contributed by atoms with van der Waals surface area (Å²) in [5.74, 6) is 2.13. The zero-order valence-corrected chi connectivity index (χ0v) is 12.9. The van der Waals surface area contributed by atoms with Gasteiger partial charge in [0.15, 0.2) is 0 Å². The van der Waals surface area contributed by atoms with Crippen LogP contribution >= 0.6 is 0 Å². The number of oxime groups is 1. The highest BCUT2D eigenvalue weighted by Crippen LogP contribution is 2.18. The van der Waals surface area contributed by atoms with E-state index in [1.165, 1.54) is 11.8 Å². The summed E-state index contributed by atoms with van der Waals surface area (Å²) in [6, 6.07) is 15.4. The minimum atomic E-state index is 0.472. The summed E-state index contributed by atoms with van der Waals surface area (Å²) in [6.45, 7) is 5.29. The van der Waals surface area contributed by atoms with E-state index in [2.05, 4.69) is 31.1 Å². The third-order valence-electron chi connectivity index (χ3n) is 3.25. The minimum absolute atomic E-state index is 0.472. The average Bonchev–Trinajstić information content (AvgIpc) is 2.54. The van der Waals surface area contributed by atoms with Crippen molar-refractivity contribution in [3.05, 3.63) is 59.7 Å². The van der Waals surface area contributed by atoms with Gasteiger partial charge in [-0.05, 0) is 53.4 Å². The highest BCUT2D eigenvalue weighted by atomic mass is 16.5. The van der Waals surface area contributed by atoms with E-state index < -0.39 is 0 Å². The summed E-state index contributed by atoms with van der Waals surface area (Å²) in [7, 11) is 0. The van der Waals surface area contributed by atoms with Gasteiger partial charge in [-0.1, -0.05) is 31.1 Å². The van der Waals surface area contributed by atoms with E-state index in [0.29, 0.717) is 19.1 Å². The molecule has 2 aromatic rings. The van der Waals surface area contributed by atoms with Crippen LogP contribution in [0.15, 0.2) is 53.7 Å². The molecule has 0 aliphatic rings. The van der Waals surface area contributed by atoms with Crippen LogP contribution in [0.4, 0.5) is 0 Å². The van der Waals surface area contributed by atoms with Crippen molar-refractivity contribution in [2.75, 3.05) is 13.2 Å². The van der Waals surface area contributed by atoms with Crippen molar-refractivity contribution in [2.45, 2.75) is 19.8 Å². The maximum absolute atomic E-state index is 8.44. The first-order valence-corrected chi connectivity index (χ1v) is 7.32. The molecule has 0 aliphatic heterocycles. The van der Waals surface area contributed by atoms with Gasteiger partial charge in [0.1, 0.15) is 24.7 Å². The molecular weight excluding hydrogens is 278 g/mol. The Morgan fingerprint density at radius 1 is 0.909 bits per heavy atom. The van der Waals surface area contributed by atoms with Crippen LogP contribution in [0.5, 0.6) is 11.5 Å². The van der Waals surface area contributed by atoms with E-state index in [-0.39, 0.29) is 0 Å². The maximum Gasteiger partial charge on any atom is 0.122 e. The van der Waals surface area contributed by atoms with Gasteiger partial charge in [0.2, 0.25) is 0 Å². The molecule has 0 saturated carbocycles. The lowest BCUT2D eigenvalue weighted by Gasteiger charge is -2.10. The van der Waals surface area contributed by atoms with Gasteiger partial charge in [0.25, 0.3) is 0 Å². The molecule has 0 bridgehead atoms. The fraction of sp³-hybridized carbons (Fsp3) is 0.278. The zero-order valence-electron chi connectivity index (χ0n) is 12.9. The first kappa shape index (κ1) is 15.9. The number of ether oxygens (including phenoxy) is 2. The molecule has 1 N–H and O–H groups in total. The molecule has 0 radical (unpaired) electrons. The fourth-order valence-electron chi connectivity index (χ4n) is 1.98. The molecule has 0 aromatic heterocycles. The van der Waals surface area contributed by atoms with Crippen molar-refractivity contribution in [1.29, 1.82) is 0 Å². The highest BCUT2D eigenvalue weighted by molar-refractivity contribution is 5.79. The molecule has 0 aliphatic carbocycles. The van der Waals surface area contributed by atoms with Crippen LogP contribution in [0.2, 0.25) is 0 Å². The van der Waals surface area contributed by atoms with Gasteiger partial charge in [-0.2, -0.15) is 0 Å². The Bertz CT molecular complexity index is 589. The molecule has 4 heteroatoms. The van der Waals surface area contributed by atoms with Gasteiger partial charge in [0, 0.05) is 0 Å². The Morgan fingerprint density at radius 3 is 1.86 bits per heavy atom. The predicted octanol–water partition coefficient (Wildman–Crippen LogP) is 4.08. The minimum Gasteiger partial charge on any atom is -0.490 e. The first-order chi connectivity index (χ1) is 10.7. The van der Waals surface area contributed by atoms with Crippen molar-refractivity contribution >= 4 is 6.21 Å². The number of rotatable bonds is 7. The lowest BCUT2D eigenvalue weighted by atomic mass is 10.0. The van der Waals surface area contributed by atoms with Crippen molar-refractivity contribution in [3.8, 4) is 11.5 Å². The lowest BCUT2D eigenvalue weighted by molar-refractivity contribution is 0.217. The quantitative estimate of drug-likeness (QED) is 0.363. The second-order valence-electron chi connectivity index (χ2n) is 5.23. The van der Waals surface area contributed by atoms with Gasteiger partial charge in [0.05, 0.1) is 6.21 Å². The van der Waals surface area contributed by atoms with Crippen LogP contribution < -0.4 is 9.47 Å². The lowest BCUT2D eigenvalue weighted by Crippen LogP contribution is -2.09. The molecule has 4 nitrogen and oxygen atoms in total. The van der Waals surface area contributed by atoms with Gasteiger partial charge < -0.3 is 14.7 Å². The van der Waals surface area contributed by atoms with Crippen LogP contribution in [0, 0.1) is 0 Å². The van der Waals surface area contributed by atoms with Crippen LogP contribution in [-0.2, 0) is 0 Å². The largest absolute Gasteiger partial charge is 0.490 e. The average molecular weight is 299 g/mol. The van der Waals surface area contributed by atoms with E-state index in [0.717, 1.165) is 17.1 Å². The number of benzene rings is 2. The summed E-state index contributed by atoms with van der Waals surface area (Å²) >= 11 is 0. The first-order valence-electron chi connectivity index (χ1n) is 7.32. The van der Waals surface area contributed by atoms with E-state index >= 15 is 0 Å². The zero-order chi connectivity index (χ0) is 15.8. The molecule has 0 unspecified atom stereocenters. The third kappa shape index (κ3) is 4.81. The molecule has 0 atom stereocenters. The second-order valence-corrected chi connectivity index (χ2v) is 5.23. The standard InChI is InChI=1S/C18H21NO3/c1-14(2)16-5-9-18(10-6-16)22-12-11-21-17-7-3-15(4-8-17)13-19-20/h3-10,13-14,20H,11-12H2,1-2H3/b19-13+. The van der Waals surface area contributed by atoms with E-state index in [1.54, 1.807) is 0 Å². The SMILES string of the molecule is CC(C)c1ccc(OCCOc2ccc(/C=N/O)cc2)cc1. The van der Waals surface area contributed by atoms with E-state index in [9.17, 15) is 0 Å².